The molecule has 1 aliphatic rings. The number of hydrogen-bond acceptors (Lipinski definition) is 5. The number of nitrogens with zero attached hydrogens (tertiary/aromatic N) is 4. The molecule has 0 amide bonds. The SMILES string of the molecule is CN(C)c1nccnc1NCC1(N(C)C)CCCCC1. The van der Waals surface area contributed by atoms with Gasteiger partial charge in [-0.15, -0.1) is 0 Å². The van der Waals surface area contributed by atoms with E-state index in [1.54, 1.807) is 12.4 Å². The summed E-state index contributed by atoms with van der Waals surface area (Å²) < 4.78 is 0. The topological polar surface area (TPSA) is 44.3 Å². The van der Waals surface area contributed by atoms with Crippen LogP contribution in [0, 0.1) is 0 Å². The normalized spacial score (nSPS) is 18.1. The summed E-state index contributed by atoms with van der Waals surface area (Å²) in [6.45, 7) is 0.930. The lowest BCUT2D eigenvalue weighted by Crippen LogP contribution is -2.51. The largest absolute Gasteiger partial charge is 0.365 e. The molecule has 1 aliphatic carbocycles. The monoisotopic (exact) mass is 277 g/mol. The molecule has 20 heavy (non-hydrogen) atoms. The van der Waals surface area contributed by atoms with Crippen molar-refractivity contribution in [2.75, 3.05) is 45.0 Å². The first-order valence-electron chi connectivity index (χ1n) is 7.45. The molecule has 112 valence electrons. The van der Waals surface area contributed by atoms with Gasteiger partial charge in [0.15, 0.2) is 11.6 Å². The summed E-state index contributed by atoms with van der Waals surface area (Å²) in [5.41, 5.74) is 0.249. The molecule has 2 rings (SSSR count). The van der Waals surface area contributed by atoms with Gasteiger partial charge in [0.1, 0.15) is 0 Å². The molecule has 0 unspecified atom stereocenters. The van der Waals surface area contributed by atoms with Gasteiger partial charge in [-0.3, -0.25) is 0 Å². The maximum atomic E-state index is 4.44. The number of likely N-dealkylation sites (N-methyl/N-ethyl adjacent to an activating group) is 1. The first kappa shape index (κ1) is 15.0. The van der Waals surface area contributed by atoms with E-state index in [2.05, 4.69) is 34.3 Å². The molecule has 1 N–H and O–H groups in total. The third kappa shape index (κ3) is 3.20. The Bertz CT molecular complexity index is 424. The molecule has 1 saturated carbocycles. The maximum absolute atomic E-state index is 4.44. The van der Waals surface area contributed by atoms with Crippen molar-refractivity contribution in [1.29, 1.82) is 0 Å². The first-order valence-corrected chi connectivity index (χ1v) is 7.45. The van der Waals surface area contributed by atoms with Crippen molar-refractivity contribution in [3.05, 3.63) is 12.4 Å². The molecule has 1 aromatic heterocycles. The summed E-state index contributed by atoms with van der Waals surface area (Å²) in [5.74, 6) is 1.78. The fourth-order valence-electron chi connectivity index (χ4n) is 3.02. The fourth-order valence-corrected chi connectivity index (χ4v) is 3.02. The minimum absolute atomic E-state index is 0.249. The van der Waals surface area contributed by atoms with Crippen LogP contribution in [0.5, 0.6) is 0 Å². The number of rotatable bonds is 5. The highest BCUT2D eigenvalue weighted by molar-refractivity contribution is 5.59. The highest BCUT2D eigenvalue weighted by atomic mass is 15.2. The van der Waals surface area contributed by atoms with Gasteiger partial charge in [-0.1, -0.05) is 19.3 Å². The van der Waals surface area contributed by atoms with E-state index in [1.165, 1.54) is 32.1 Å². The molecule has 5 heteroatoms. The molecule has 1 fully saturated rings. The summed E-state index contributed by atoms with van der Waals surface area (Å²) in [5, 5.41) is 3.53. The molecule has 0 aromatic carbocycles. The summed E-state index contributed by atoms with van der Waals surface area (Å²) in [6, 6.07) is 0. The Morgan fingerprint density at radius 1 is 1.05 bits per heavy atom. The van der Waals surface area contributed by atoms with Gasteiger partial charge >= 0.3 is 0 Å². The van der Waals surface area contributed by atoms with E-state index in [1.807, 2.05) is 19.0 Å². The molecule has 1 aromatic rings. The highest BCUT2D eigenvalue weighted by Crippen LogP contribution is 2.32. The quantitative estimate of drug-likeness (QED) is 0.894. The van der Waals surface area contributed by atoms with Crippen LogP contribution in [0.15, 0.2) is 12.4 Å². The van der Waals surface area contributed by atoms with Crippen molar-refractivity contribution in [2.24, 2.45) is 0 Å². The van der Waals surface area contributed by atoms with Crippen LogP contribution in [-0.4, -0.2) is 55.1 Å². The van der Waals surface area contributed by atoms with E-state index >= 15 is 0 Å². The van der Waals surface area contributed by atoms with Crippen LogP contribution >= 0.6 is 0 Å². The van der Waals surface area contributed by atoms with Crippen molar-refractivity contribution < 1.29 is 0 Å². The van der Waals surface area contributed by atoms with Gasteiger partial charge in [0.25, 0.3) is 0 Å². The molecule has 0 aliphatic heterocycles. The smallest absolute Gasteiger partial charge is 0.171 e. The van der Waals surface area contributed by atoms with Crippen LogP contribution in [0.25, 0.3) is 0 Å². The van der Waals surface area contributed by atoms with Gasteiger partial charge in [-0.25, -0.2) is 9.97 Å². The Morgan fingerprint density at radius 2 is 1.70 bits per heavy atom. The van der Waals surface area contributed by atoms with Crippen molar-refractivity contribution >= 4 is 11.6 Å². The second kappa shape index (κ2) is 6.39. The van der Waals surface area contributed by atoms with E-state index in [0.29, 0.717) is 0 Å². The van der Waals surface area contributed by atoms with Gasteiger partial charge < -0.3 is 15.1 Å². The van der Waals surface area contributed by atoms with E-state index in [9.17, 15) is 0 Å². The number of hydrogen-bond donors (Lipinski definition) is 1. The van der Waals surface area contributed by atoms with Crippen molar-refractivity contribution in [3.63, 3.8) is 0 Å². The van der Waals surface area contributed by atoms with Gasteiger partial charge in [-0.05, 0) is 26.9 Å². The molecule has 0 bridgehead atoms. The second-order valence-corrected chi connectivity index (χ2v) is 6.16. The van der Waals surface area contributed by atoms with Crippen LogP contribution in [0.2, 0.25) is 0 Å². The lowest BCUT2D eigenvalue weighted by atomic mass is 9.80. The lowest BCUT2D eigenvalue weighted by molar-refractivity contribution is 0.113. The van der Waals surface area contributed by atoms with E-state index < -0.39 is 0 Å². The van der Waals surface area contributed by atoms with E-state index in [-0.39, 0.29) is 5.54 Å². The summed E-state index contributed by atoms with van der Waals surface area (Å²) in [4.78, 5) is 13.2. The molecule has 0 spiro atoms. The third-order valence-electron chi connectivity index (χ3n) is 4.42. The van der Waals surface area contributed by atoms with Gasteiger partial charge in [0.05, 0.1) is 0 Å². The second-order valence-electron chi connectivity index (χ2n) is 6.16. The summed E-state index contributed by atoms with van der Waals surface area (Å²) in [6.07, 6.45) is 10.0. The Kier molecular flexibility index (Phi) is 4.81. The predicted octanol–water partition coefficient (Wildman–Crippen LogP) is 2.22. The van der Waals surface area contributed by atoms with Crippen LogP contribution in [0.1, 0.15) is 32.1 Å². The molecule has 1 heterocycles. The minimum Gasteiger partial charge on any atom is -0.365 e. The number of aromatic nitrogens is 2. The molecule has 0 radical (unpaired) electrons. The number of anilines is 2. The lowest BCUT2D eigenvalue weighted by Gasteiger charge is -2.43. The Morgan fingerprint density at radius 3 is 2.30 bits per heavy atom. The zero-order valence-corrected chi connectivity index (χ0v) is 13.2. The minimum atomic E-state index is 0.249. The van der Waals surface area contributed by atoms with Gasteiger partial charge in [-0.2, -0.15) is 0 Å². The van der Waals surface area contributed by atoms with Crippen molar-refractivity contribution in [2.45, 2.75) is 37.6 Å². The first-order chi connectivity index (χ1) is 9.55. The van der Waals surface area contributed by atoms with Crippen LogP contribution in [0.3, 0.4) is 0 Å². The highest BCUT2D eigenvalue weighted by Gasteiger charge is 2.34. The van der Waals surface area contributed by atoms with Crippen molar-refractivity contribution in [1.82, 2.24) is 14.9 Å². The molecule has 0 atom stereocenters. The maximum Gasteiger partial charge on any atom is 0.171 e. The number of nitrogens with one attached hydrogen (secondary N) is 1. The van der Waals surface area contributed by atoms with Gasteiger partial charge in [0, 0.05) is 38.6 Å². The Hall–Kier alpha value is -1.36. The standard InChI is InChI=1S/C15H27N5/c1-19(2)14-13(16-10-11-17-14)18-12-15(20(3)4)8-6-5-7-9-15/h10-11H,5-9,12H2,1-4H3,(H,16,18). The average Bonchev–Trinajstić information content (AvgIpc) is 2.46. The zero-order chi connectivity index (χ0) is 14.6. The third-order valence-corrected chi connectivity index (χ3v) is 4.42. The molecule has 5 nitrogen and oxygen atoms in total. The van der Waals surface area contributed by atoms with Crippen LogP contribution in [-0.2, 0) is 0 Å². The molecular weight excluding hydrogens is 250 g/mol. The average molecular weight is 277 g/mol. The summed E-state index contributed by atoms with van der Waals surface area (Å²) >= 11 is 0. The van der Waals surface area contributed by atoms with Crippen LogP contribution in [0.4, 0.5) is 11.6 Å². The fraction of sp³-hybridized carbons (Fsp3) is 0.733. The molecule has 0 saturated heterocycles. The molecular formula is C15H27N5. The predicted molar refractivity (Wildman–Crippen MR) is 84.4 cm³/mol. The zero-order valence-electron chi connectivity index (χ0n) is 13.2. The van der Waals surface area contributed by atoms with E-state index in [4.69, 9.17) is 0 Å². The van der Waals surface area contributed by atoms with E-state index in [0.717, 1.165) is 18.2 Å². The Balaban J connectivity index is 2.10. The summed E-state index contributed by atoms with van der Waals surface area (Å²) in [7, 11) is 8.38. The van der Waals surface area contributed by atoms with Crippen LogP contribution < -0.4 is 10.2 Å². The van der Waals surface area contributed by atoms with Gasteiger partial charge in [0.2, 0.25) is 0 Å². The van der Waals surface area contributed by atoms with Crippen molar-refractivity contribution in [3.8, 4) is 0 Å². The Labute approximate surface area is 122 Å².